The Kier molecular flexibility index (Phi) is 5.67. The quantitative estimate of drug-likeness (QED) is 0.349. The van der Waals surface area contributed by atoms with Crippen molar-refractivity contribution in [2.75, 3.05) is 18.9 Å². The summed E-state index contributed by atoms with van der Waals surface area (Å²) in [4.78, 5) is 4.70. The normalized spacial score (nSPS) is 16.8. The third kappa shape index (κ3) is 3.98. The number of rotatable bonds is 6. The van der Waals surface area contributed by atoms with E-state index in [1.165, 1.54) is 4.70 Å². The fourth-order valence-corrected chi connectivity index (χ4v) is 8.23. The summed E-state index contributed by atoms with van der Waals surface area (Å²) in [5.41, 5.74) is 3.07. The zero-order chi connectivity index (χ0) is 18.9. The number of hydrogen-bond acceptors (Lipinski definition) is 6. The molecule has 0 radical (unpaired) electrons. The third-order valence-electron chi connectivity index (χ3n) is 4.32. The molecule has 1 aliphatic rings. The second-order valence-electron chi connectivity index (χ2n) is 6.13. The van der Waals surface area contributed by atoms with Gasteiger partial charge in [-0.3, -0.25) is 9.24 Å². The molecule has 0 saturated carbocycles. The molecule has 0 bridgehead atoms. The average Bonchev–Trinajstić information content (AvgIpc) is 3.29. The molecule has 1 fully saturated rings. The van der Waals surface area contributed by atoms with Crippen LogP contribution in [0.2, 0.25) is 0 Å². The monoisotopic (exact) mass is 434 g/mol. The Hall–Kier alpha value is -1.24. The van der Waals surface area contributed by atoms with Gasteiger partial charge in [-0.25, -0.2) is 4.98 Å². The smallest absolute Gasteiger partial charge is 0.301 e. The van der Waals surface area contributed by atoms with Crippen LogP contribution in [0.1, 0.15) is 12.5 Å². The Morgan fingerprint density at radius 1 is 1.22 bits per heavy atom. The Balaban J connectivity index is 1.57. The molecule has 1 unspecified atom stereocenters. The van der Waals surface area contributed by atoms with Crippen molar-refractivity contribution in [3.8, 4) is 10.6 Å². The highest BCUT2D eigenvalue weighted by molar-refractivity contribution is 8.23. The van der Waals surface area contributed by atoms with Crippen LogP contribution in [0, 0.1) is 0 Å². The van der Waals surface area contributed by atoms with E-state index in [0.717, 1.165) is 27.4 Å². The van der Waals surface area contributed by atoms with E-state index in [1.807, 2.05) is 49.4 Å². The van der Waals surface area contributed by atoms with Gasteiger partial charge in [0, 0.05) is 17.9 Å². The first kappa shape index (κ1) is 19.1. The van der Waals surface area contributed by atoms with Crippen molar-refractivity contribution in [3.63, 3.8) is 0 Å². The summed E-state index contributed by atoms with van der Waals surface area (Å²) >= 11 is 8.61. The minimum Gasteiger partial charge on any atom is -0.313 e. The van der Waals surface area contributed by atoms with Crippen LogP contribution in [0.5, 0.6) is 0 Å². The summed E-state index contributed by atoms with van der Waals surface area (Å²) in [7, 11) is -3.00. The SMILES string of the molecule is CCOP(=O)(Cc1ccc(-c2nc3ccccc3s2)cc1)N1CCSC1=S. The van der Waals surface area contributed by atoms with Crippen LogP contribution in [0.25, 0.3) is 20.8 Å². The molecule has 2 heterocycles. The maximum atomic E-state index is 13.5. The van der Waals surface area contributed by atoms with Crippen molar-refractivity contribution in [3.05, 3.63) is 54.1 Å². The van der Waals surface area contributed by atoms with E-state index in [-0.39, 0.29) is 0 Å². The molecule has 4 rings (SSSR count). The minimum atomic E-state index is -3.00. The van der Waals surface area contributed by atoms with Gasteiger partial charge in [0.15, 0.2) is 0 Å². The first-order valence-electron chi connectivity index (χ1n) is 8.72. The first-order chi connectivity index (χ1) is 13.1. The van der Waals surface area contributed by atoms with Crippen molar-refractivity contribution in [1.29, 1.82) is 0 Å². The number of hydrogen-bond donors (Lipinski definition) is 0. The second kappa shape index (κ2) is 8.02. The van der Waals surface area contributed by atoms with Crippen LogP contribution in [-0.4, -0.2) is 32.9 Å². The van der Waals surface area contributed by atoms with E-state index in [1.54, 1.807) is 27.8 Å². The predicted molar refractivity (Wildman–Crippen MR) is 120 cm³/mol. The molecule has 0 N–H and O–H groups in total. The minimum absolute atomic E-state index is 0.363. The Morgan fingerprint density at radius 2 is 2.00 bits per heavy atom. The van der Waals surface area contributed by atoms with Crippen LogP contribution in [0.3, 0.4) is 0 Å². The standard InChI is InChI=1S/C19H19N2O2PS3/c1-2-23-24(22,21-11-12-26-19(21)25)13-14-7-9-15(10-8-14)18-20-16-5-3-4-6-17(16)27-18/h3-10H,2,11-13H2,1H3. The molecule has 0 aliphatic carbocycles. The molecule has 140 valence electrons. The molecular weight excluding hydrogens is 415 g/mol. The molecule has 0 amide bonds. The lowest BCUT2D eigenvalue weighted by Gasteiger charge is -2.28. The number of thiazole rings is 1. The van der Waals surface area contributed by atoms with E-state index in [4.69, 9.17) is 21.7 Å². The summed E-state index contributed by atoms with van der Waals surface area (Å²) < 4.78 is 22.8. The average molecular weight is 435 g/mol. The summed E-state index contributed by atoms with van der Waals surface area (Å²) in [6.07, 6.45) is 0.363. The highest BCUT2D eigenvalue weighted by Gasteiger charge is 2.36. The maximum absolute atomic E-state index is 13.5. The molecule has 1 aromatic heterocycles. The summed E-state index contributed by atoms with van der Waals surface area (Å²) in [6, 6.07) is 16.2. The molecule has 1 saturated heterocycles. The molecule has 4 nitrogen and oxygen atoms in total. The highest BCUT2D eigenvalue weighted by atomic mass is 32.2. The van der Waals surface area contributed by atoms with Crippen LogP contribution in [0.4, 0.5) is 0 Å². The van der Waals surface area contributed by atoms with Gasteiger partial charge in [-0.05, 0) is 24.6 Å². The van der Waals surface area contributed by atoms with Crippen LogP contribution >= 0.6 is 42.8 Å². The van der Waals surface area contributed by atoms with Crippen molar-refractivity contribution >= 4 is 57.4 Å². The van der Waals surface area contributed by atoms with E-state index < -0.39 is 7.52 Å². The van der Waals surface area contributed by atoms with E-state index >= 15 is 0 Å². The lowest BCUT2D eigenvalue weighted by molar-refractivity contribution is 0.304. The van der Waals surface area contributed by atoms with E-state index in [0.29, 0.717) is 23.6 Å². The molecule has 1 aliphatic heterocycles. The van der Waals surface area contributed by atoms with Crippen LogP contribution < -0.4 is 0 Å². The number of thiocarbonyl (C=S) groups is 1. The van der Waals surface area contributed by atoms with E-state index in [9.17, 15) is 4.57 Å². The summed E-state index contributed by atoms with van der Waals surface area (Å²) in [6.45, 7) is 2.96. The van der Waals surface area contributed by atoms with Crippen LogP contribution in [-0.2, 0) is 15.3 Å². The number of nitrogens with zero attached hydrogens (tertiary/aromatic N) is 2. The number of thioether (sulfide) groups is 1. The van der Waals surface area contributed by atoms with Gasteiger partial charge in [0.2, 0.25) is 0 Å². The van der Waals surface area contributed by atoms with Crippen molar-refractivity contribution < 1.29 is 9.09 Å². The predicted octanol–water partition coefficient (Wildman–Crippen LogP) is 6.03. The van der Waals surface area contributed by atoms with Gasteiger partial charge in [0.1, 0.15) is 9.33 Å². The van der Waals surface area contributed by atoms with Crippen molar-refractivity contribution in [2.45, 2.75) is 13.1 Å². The third-order valence-corrected chi connectivity index (χ3v) is 9.66. The van der Waals surface area contributed by atoms with Gasteiger partial charge >= 0.3 is 7.52 Å². The van der Waals surface area contributed by atoms with Crippen LogP contribution in [0.15, 0.2) is 48.5 Å². The lowest BCUT2D eigenvalue weighted by atomic mass is 10.2. The van der Waals surface area contributed by atoms with Gasteiger partial charge in [0.25, 0.3) is 0 Å². The topological polar surface area (TPSA) is 42.4 Å². The number of benzene rings is 2. The maximum Gasteiger partial charge on any atom is 0.301 e. The van der Waals surface area contributed by atoms with Gasteiger partial charge in [-0.1, -0.05) is 60.4 Å². The molecule has 0 spiro atoms. The van der Waals surface area contributed by atoms with Crippen molar-refractivity contribution in [1.82, 2.24) is 9.65 Å². The second-order valence-corrected chi connectivity index (χ2v) is 11.2. The Labute approximate surface area is 172 Å². The summed E-state index contributed by atoms with van der Waals surface area (Å²) in [5.74, 6) is 0.868. The molecule has 27 heavy (non-hydrogen) atoms. The van der Waals surface area contributed by atoms with Crippen molar-refractivity contribution in [2.24, 2.45) is 0 Å². The molecule has 3 aromatic rings. The molecular formula is C19H19N2O2PS3. The summed E-state index contributed by atoms with van der Waals surface area (Å²) in [5, 5.41) is 0.993. The molecule has 8 heteroatoms. The Morgan fingerprint density at radius 3 is 2.67 bits per heavy atom. The largest absolute Gasteiger partial charge is 0.313 e. The molecule has 1 atom stereocenters. The lowest BCUT2D eigenvalue weighted by Crippen LogP contribution is -2.22. The first-order valence-corrected chi connectivity index (χ1v) is 12.7. The Bertz CT molecular complexity index is 986. The fourth-order valence-electron chi connectivity index (χ4n) is 3.04. The number of aromatic nitrogens is 1. The van der Waals surface area contributed by atoms with Gasteiger partial charge in [-0.2, -0.15) is 0 Å². The number of fused-ring (bicyclic) bond motifs is 1. The highest BCUT2D eigenvalue weighted by Crippen LogP contribution is 2.56. The number of para-hydroxylation sites is 1. The van der Waals surface area contributed by atoms with Gasteiger partial charge in [-0.15, -0.1) is 11.3 Å². The molecule has 2 aromatic carbocycles. The fraction of sp³-hybridized carbons (Fsp3) is 0.263. The van der Waals surface area contributed by atoms with Gasteiger partial charge in [0.05, 0.1) is 23.0 Å². The zero-order valence-corrected chi connectivity index (χ0v) is 18.2. The zero-order valence-electron chi connectivity index (χ0n) is 14.8. The van der Waals surface area contributed by atoms with E-state index in [2.05, 4.69) is 6.07 Å². The van der Waals surface area contributed by atoms with Gasteiger partial charge < -0.3 is 4.52 Å².